The molecule has 5 fully saturated rings. The highest BCUT2D eigenvalue weighted by Crippen LogP contribution is 2.68. The fourth-order valence-electron chi connectivity index (χ4n) is 13.7. The fourth-order valence-corrected chi connectivity index (χ4v) is 18.4. The van der Waals surface area contributed by atoms with Crippen LogP contribution in [0.15, 0.2) is 60.7 Å². The molecular formula is C49H74N4O5Si. The average molecular weight is 827 g/mol. The Kier molecular flexibility index (Phi) is 13.2. The number of rotatable bonds is 14. The summed E-state index contributed by atoms with van der Waals surface area (Å²) >= 11 is 0. The Balaban J connectivity index is 0.962. The summed E-state index contributed by atoms with van der Waals surface area (Å²) in [6.07, 6.45) is 14.8. The van der Waals surface area contributed by atoms with Crippen molar-refractivity contribution < 1.29 is 23.9 Å². The number of benzene rings is 2. The molecule has 5 aliphatic rings. The van der Waals surface area contributed by atoms with Crippen LogP contribution in [0.3, 0.4) is 0 Å². The number of carboxylic acids is 1. The second-order valence-corrected chi connectivity index (χ2v) is 25.2. The van der Waals surface area contributed by atoms with Crippen molar-refractivity contribution in [3.05, 3.63) is 60.7 Å². The Morgan fingerprint density at radius 2 is 1.53 bits per heavy atom. The molecule has 0 bridgehead atoms. The summed E-state index contributed by atoms with van der Waals surface area (Å²) in [5.41, 5.74) is 12.4. The number of aliphatic carboxylic acids is 1. The van der Waals surface area contributed by atoms with Gasteiger partial charge in [-0.15, -0.1) is 0 Å². The quantitative estimate of drug-likeness (QED) is 0.119. The van der Waals surface area contributed by atoms with Crippen LogP contribution in [0, 0.1) is 40.4 Å². The largest absolute Gasteiger partial charge is 0.480 e. The molecule has 4 aliphatic carbocycles. The molecule has 2 amide bonds. The summed E-state index contributed by atoms with van der Waals surface area (Å²) in [4.78, 5) is 40.1. The van der Waals surface area contributed by atoms with Gasteiger partial charge in [-0.2, -0.15) is 0 Å². The van der Waals surface area contributed by atoms with E-state index in [4.69, 9.17) is 15.9 Å². The van der Waals surface area contributed by atoms with Crippen molar-refractivity contribution in [3.63, 3.8) is 0 Å². The highest BCUT2D eigenvalue weighted by molar-refractivity contribution is 6.99. The Hall–Kier alpha value is -3.05. The van der Waals surface area contributed by atoms with Crippen LogP contribution in [-0.4, -0.2) is 73.4 Å². The van der Waals surface area contributed by atoms with Crippen LogP contribution in [0.4, 0.5) is 0 Å². The Morgan fingerprint density at radius 3 is 2.15 bits per heavy atom. The van der Waals surface area contributed by atoms with Gasteiger partial charge in [0.05, 0.1) is 6.04 Å². The number of hydrogen-bond donors (Lipinski definition) is 4. The third kappa shape index (κ3) is 8.46. The molecule has 1 aliphatic heterocycles. The van der Waals surface area contributed by atoms with Crippen molar-refractivity contribution >= 4 is 36.5 Å². The van der Waals surface area contributed by atoms with E-state index in [9.17, 15) is 19.5 Å². The zero-order valence-electron chi connectivity index (χ0n) is 36.7. The zero-order chi connectivity index (χ0) is 42.2. The molecule has 2 aromatic carbocycles. The monoisotopic (exact) mass is 827 g/mol. The van der Waals surface area contributed by atoms with E-state index in [1.807, 2.05) is 0 Å². The van der Waals surface area contributed by atoms with Crippen LogP contribution in [0.5, 0.6) is 0 Å². The van der Waals surface area contributed by atoms with E-state index < -0.39 is 26.4 Å². The summed E-state index contributed by atoms with van der Waals surface area (Å²) in [5.74, 6) is 1.96. The summed E-state index contributed by atoms with van der Waals surface area (Å²) in [6.45, 7) is 13.1. The van der Waals surface area contributed by atoms with Gasteiger partial charge >= 0.3 is 5.97 Å². The van der Waals surface area contributed by atoms with E-state index in [1.54, 1.807) is 0 Å². The van der Waals surface area contributed by atoms with Crippen LogP contribution in [0.1, 0.15) is 131 Å². The van der Waals surface area contributed by atoms with Gasteiger partial charge in [0, 0.05) is 31.5 Å². The topological polar surface area (TPSA) is 148 Å². The van der Waals surface area contributed by atoms with Gasteiger partial charge in [-0.25, -0.2) is 4.79 Å². The number of carbonyl (C=O) groups is 3. The third-order valence-corrected chi connectivity index (χ3v) is 21.9. The molecule has 6 unspecified atom stereocenters. The van der Waals surface area contributed by atoms with Crippen LogP contribution < -0.4 is 27.2 Å². The molecule has 1 heterocycles. The Morgan fingerprint density at radius 1 is 0.881 bits per heavy atom. The molecule has 2 aromatic rings. The number of carboxylic acid groups (broad SMARTS) is 1. The fraction of sp³-hybridized carbons (Fsp3) is 0.694. The van der Waals surface area contributed by atoms with E-state index in [0.717, 1.165) is 43.9 Å². The zero-order valence-corrected chi connectivity index (χ0v) is 37.7. The van der Waals surface area contributed by atoms with E-state index in [1.165, 1.54) is 60.2 Å². The van der Waals surface area contributed by atoms with Gasteiger partial charge in [0.15, 0.2) is 0 Å². The molecule has 0 spiro atoms. The standard InChI is InChI=1S/C49H74N4O5Si/c1-47(2,3)59(37-14-8-6-9-15-37,38-16-10-7-11-17-38)58-36-25-27-49(5)34(30-36)19-22-39-40-23-20-33(48(40,4)28-26-41(39)49)21-24-44(54)52-35-31-43(46(56)57)53(32-35)45(55)42(51)18-12-13-29-50/h6-11,14-17,33-36,39-43H,12-13,18-32,50-51H2,1-5H3,(H,52,54)(H,56,57)/t33?,34?,35-,36+,39?,40?,41?,42?,43-,48+,49-/m0/s1. The van der Waals surface area contributed by atoms with Crippen LogP contribution >= 0.6 is 0 Å². The molecule has 6 N–H and O–H groups in total. The number of fused-ring (bicyclic) bond motifs is 5. The normalized spacial score (nSPS) is 33.7. The number of hydrogen-bond acceptors (Lipinski definition) is 6. The number of likely N-dealkylation sites (tertiary alicyclic amines) is 1. The highest BCUT2D eigenvalue weighted by Gasteiger charge is 2.61. The first kappa shape index (κ1) is 44.0. The number of nitrogens with two attached hydrogens (primary N) is 2. The van der Waals surface area contributed by atoms with Gasteiger partial charge < -0.3 is 31.2 Å². The van der Waals surface area contributed by atoms with Crippen molar-refractivity contribution in [2.45, 2.75) is 160 Å². The second kappa shape index (κ2) is 17.7. The maximum Gasteiger partial charge on any atom is 0.326 e. The van der Waals surface area contributed by atoms with E-state index in [-0.39, 0.29) is 47.4 Å². The molecule has 7 rings (SSSR count). The highest BCUT2D eigenvalue weighted by atomic mass is 28.4. The predicted octanol–water partition coefficient (Wildman–Crippen LogP) is 7.00. The predicted molar refractivity (Wildman–Crippen MR) is 238 cm³/mol. The van der Waals surface area contributed by atoms with Gasteiger partial charge in [-0.1, -0.05) is 102 Å². The third-order valence-electron chi connectivity index (χ3n) is 16.8. The molecule has 0 aromatic heterocycles. The molecule has 0 radical (unpaired) electrons. The number of nitrogens with one attached hydrogen (secondary N) is 1. The minimum absolute atomic E-state index is 0.0257. The first-order valence-electron chi connectivity index (χ1n) is 23.2. The number of unbranched alkanes of at least 4 members (excludes halogenated alkanes) is 1. The van der Waals surface area contributed by atoms with Crippen molar-refractivity contribution in [1.29, 1.82) is 0 Å². The lowest BCUT2D eigenvalue weighted by Crippen LogP contribution is -2.68. The van der Waals surface area contributed by atoms with Crippen LogP contribution in [0.25, 0.3) is 0 Å². The summed E-state index contributed by atoms with van der Waals surface area (Å²) in [6, 6.07) is 20.1. The van der Waals surface area contributed by atoms with E-state index >= 15 is 0 Å². The minimum Gasteiger partial charge on any atom is -0.480 e. The molecule has 59 heavy (non-hydrogen) atoms. The minimum atomic E-state index is -2.61. The molecular weight excluding hydrogens is 753 g/mol. The molecule has 324 valence electrons. The summed E-state index contributed by atoms with van der Waals surface area (Å²) < 4.78 is 7.74. The number of carbonyl (C=O) groups excluding carboxylic acids is 2. The summed E-state index contributed by atoms with van der Waals surface area (Å²) in [5, 5.41) is 15.7. The lowest BCUT2D eigenvalue weighted by atomic mass is 9.44. The van der Waals surface area contributed by atoms with E-state index in [0.29, 0.717) is 42.6 Å². The Bertz CT molecular complexity index is 1730. The van der Waals surface area contributed by atoms with Crippen molar-refractivity contribution in [1.82, 2.24) is 10.2 Å². The number of amides is 2. The molecule has 1 saturated heterocycles. The maximum atomic E-state index is 13.4. The molecule has 10 heteroatoms. The van der Waals surface area contributed by atoms with Crippen LogP contribution in [-0.2, 0) is 18.8 Å². The SMILES string of the molecule is CC(C)(C)[Si](O[C@@H]1CC[C@@]2(C)C(CCC3C2CC[C@]2(C)C(CCC(=O)N[C@H]4C[C@@H](C(=O)O)N(C(=O)C(N)CCCCN)C4)CCC32)C1)(c1ccccc1)c1ccccc1. The van der Waals surface area contributed by atoms with Gasteiger partial charge in [-0.3, -0.25) is 9.59 Å². The lowest BCUT2D eigenvalue weighted by Gasteiger charge is -2.61. The van der Waals surface area contributed by atoms with Gasteiger partial charge in [0.25, 0.3) is 8.32 Å². The lowest BCUT2D eigenvalue weighted by molar-refractivity contribution is -0.148. The van der Waals surface area contributed by atoms with Gasteiger partial charge in [0.2, 0.25) is 11.8 Å². The Labute approximate surface area is 355 Å². The van der Waals surface area contributed by atoms with Crippen molar-refractivity contribution in [2.75, 3.05) is 13.1 Å². The van der Waals surface area contributed by atoms with Crippen molar-refractivity contribution in [2.24, 2.45) is 51.9 Å². The number of nitrogens with zero attached hydrogens (tertiary/aromatic N) is 1. The second-order valence-electron chi connectivity index (χ2n) is 20.9. The van der Waals surface area contributed by atoms with Gasteiger partial charge in [-0.05, 0) is 139 Å². The van der Waals surface area contributed by atoms with Crippen molar-refractivity contribution in [3.8, 4) is 0 Å². The first-order chi connectivity index (χ1) is 28.1. The van der Waals surface area contributed by atoms with Gasteiger partial charge in [0.1, 0.15) is 6.04 Å². The first-order valence-corrected chi connectivity index (χ1v) is 25.1. The smallest absolute Gasteiger partial charge is 0.326 e. The summed E-state index contributed by atoms with van der Waals surface area (Å²) in [7, 11) is -2.61. The maximum absolute atomic E-state index is 13.4. The molecule has 11 atom stereocenters. The molecule has 4 saturated carbocycles. The van der Waals surface area contributed by atoms with E-state index in [2.05, 4.69) is 101 Å². The average Bonchev–Trinajstić information content (AvgIpc) is 3.79. The van der Waals surface area contributed by atoms with Crippen LogP contribution in [0.2, 0.25) is 5.04 Å². The molecule has 9 nitrogen and oxygen atoms in total.